The highest BCUT2D eigenvalue weighted by molar-refractivity contribution is 7.93. The normalized spacial score (nSPS) is 22.0. The van der Waals surface area contributed by atoms with Crippen molar-refractivity contribution in [3.05, 3.63) is 22.6 Å². The Morgan fingerprint density at radius 1 is 1.08 bits per heavy atom. The highest BCUT2D eigenvalue weighted by atomic mass is 32.2. The van der Waals surface area contributed by atoms with Crippen molar-refractivity contribution in [2.24, 2.45) is 4.99 Å². The topological polar surface area (TPSA) is 56.2 Å². The van der Waals surface area contributed by atoms with E-state index in [2.05, 4.69) is 16.8 Å². The Labute approximate surface area is 154 Å². The molecule has 1 saturated heterocycles. The molecule has 0 N–H and O–H groups in total. The molecule has 6 nitrogen and oxygen atoms in total. The molecule has 2 aliphatic heterocycles. The molecule has 9 heteroatoms. The van der Waals surface area contributed by atoms with Gasteiger partial charge in [0, 0.05) is 38.7 Å². The second-order valence-electron chi connectivity index (χ2n) is 6.04. The monoisotopic (exact) mass is 390 g/mol. The van der Waals surface area contributed by atoms with E-state index in [1.165, 1.54) is 4.31 Å². The molecule has 2 heterocycles. The zero-order valence-corrected chi connectivity index (χ0v) is 16.5. The first-order chi connectivity index (χ1) is 12.4. The van der Waals surface area contributed by atoms with Crippen LogP contribution in [0, 0.1) is 0 Å². The van der Waals surface area contributed by atoms with Crippen molar-refractivity contribution in [2.75, 3.05) is 45.8 Å². The van der Waals surface area contributed by atoms with Crippen LogP contribution in [0.5, 0.6) is 0 Å². The minimum absolute atomic E-state index is 0.0858. The van der Waals surface area contributed by atoms with Crippen LogP contribution in [0.1, 0.15) is 33.6 Å². The Hall–Kier alpha value is -1.48. The molecule has 0 aromatic heterocycles. The third kappa shape index (κ3) is 4.25. The van der Waals surface area contributed by atoms with Crippen molar-refractivity contribution in [1.29, 1.82) is 0 Å². The van der Waals surface area contributed by atoms with Gasteiger partial charge in [0.2, 0.25) is 5.96 Å². The fourth-order valence-corrected chi connectivity index (χ4v) is 4.84. The van der Waals surface area contributed by atoms with Gasteiger partial charge < -0.3 is 9.80 Å². The fourth-order valence-electron chi connectivity index (χ4n) is 3.20. The van der Waals surface area contributed by atoms with Gasteiger partial charge >= 0.3 is 0 Å². The molecule has 0 aromatic rings. The van der Waals surface area contributed by atoms with Crippen LogP contribution in [0.25, 0.3) is 0 Å². The maximum atomic E-state index is 14.0. The van der Waals surface area contributed by atoms with Gasteiger partial charge in [-0.25, -0.2) is 21.5 Å². The standard InChI is InChI=1S/C15H22F2N4O2S.C2H6/c1-2-19-7-9-20(10-8-19)15-18-5-6-21(15)24(22,23)14-4-3-12(16)11-13(14)17;1-2/h11H,2-10H2,1H3;1-2H3. The fraction of sp³-hybridized carbons (Fsp3) is 0.706. The number of hydrogen-bond donors (Lipinski definition) is 0. The van der Waals surface area contributed by atoms with Crippen LogP contribution in [0.3, 0.4) is 0 Å². The molecule has 3 rings (SSSR count). The van der Waals surface area contributed by atoms with Gasteiger partial charge in [0.25, 0.3) is 10.0 Å². The van der Waals surface area contributed by atoms with Crippen LogP contribution >= 0.6 is 0 Å². The van der Waals surface area contributed by atoms with E-state index >= 15 is 0 Å². The van der Waals surface area contributed by atoms with Crippen molar-refractivity contribution >= 4 is 16.0 Å². The molecular formula is C17H28F2N4O2S. The van der Waals surface area contributed by atoms with Crippen LogP contribution in [0.4, 0.5) is 8.78 Å². The molecule has 0 radical (unpaired) electrons. The quantitative estimate of drug-likeness (QED) is 0.743. The number of sulfonamides is 1. The second kappa shape index (κ2) is 8.94. The van der Waals surface area contributed by atoms with Crippen molar-refractivity contribution in [2.45, 2.75) is 33.6 Å². The van der Waals surface area contributed by atoms with Gasteiger partial charge in [-0.05, 0) is 13.0 Å². The van der Waals surface area contributed by atoms with E-state index in [1.807, 2.05) is 18.7 Å². The van der Waals surface area contributed by atoms with Gasteiger partial charge in [0.15, 0.2) is 0 Å². The molecule has 1 fully saturated rings. The minimum atomic E-state index is -4.01. The summed E-state index contributed by atoms with van der Waals surface area (Å²) in [6.07, 6.45) is 0.435. The first kappa shape index (κ1) is 20.8. The third-order valence-electron chi connectivity index (χ3n) is 4.62. The Morgan fingerprint density at radius 3 is 2.31 bits per heavy atom. The van der Waals surface area contributed by atoms with Gasteiger partial charge in [-0.2, -0.15) is 0 Å². The maximum absolute atomic E-state index is 14.0. The molecule has 3 aliphatic rings. The van der Waals surface area contributed by atoms with Crippen molar-refractivity contribution in [1.82, 2.24) is 14.1 Å². The van der Waals surface area contributed by atoms with Gasteiger partial charge in [-0.3, -0.25) is 4.99 Å². The molecule has 1 aliphatic carbocycles. The predicted molar refractivity (Wildman–Crippen MR) is 99.5 cm³/mol. The molecule has 0 spiro atoms. The van der Waals surface area contributed by atoms with Crippen molar-refractivity contribution < 1.29 is 17.2 Å². The van der Waals surface area contributed by atoms with Gasteiger partial charge in [-0.15, -0.1) is 0 Å². The van der Waals surface area contributed by atoms with Crippen molar-refractivity contribution in [3.8, 4) is 0 Å². The van der Waals surface area contributed by atoms with Crippen LogP contribution in [-0.4, -0.2) is 74.3 Å². The number of halogens is 2. The van der Waals surface area contributed by atoms with E-state index < -0.39 is 21.7 Å². The summed E-state index contributed by atoms with van der Waals surface area (Å²) in [5, 5.41) is 0. The van der Waals surface area contributed by atoms with Crippen LogP contribution in [0.15, 0.2) is 27.6 Å². The van der Waals surface area contributed by atoms with Gasteiger partial charge in [-0.1, -0.05) is 20.8 Å². The van der Waals surface area contributed by atoms with Crippen LogP contribution < -0.4 is 0 Å². The lowest BCUT2D eigenvalue weighted by Crippen LogP contribution is -2.53. The summed E-state index contributed by atoms with van der Waals surface area (Å²) in [4.78, 5) is 8.21. The molecule has 26 heavy (non-hydrogen) atoms. The Bertz CT molecular complexity index is 696. The summed E-state index contributed by atoms with van der Waals surface area (Å²) in [6, 6.07) is 0. The van der Waals surface area contributed by atoms with E-state index in [4.69, 9.17) is 0 Å². The Morgan fingerprint density at radius 2 is 1.73 bits per heavy atom. The third-order valence-corrected chi connectivity index (χ3v) is 6.57. The Balaban J connectivity index is 0.00000117. The number of nitrogens with zero attached hydrogens (tertiary/aromatic N) is 4. The van der Waals surface area contributed by atoms with E-state index in [9.17, 15) is 17.2 Å². The SMILES string of the molecule is CC.CCN1CCN(C2=NCCN2S(=O)(=O)C2=C(F)C=C(F)CC2)CC1. The first-order valence-electron chi connectivity index (χ1n) is 9.22. The van der Waals surface area contributed by atoms with Crippen LogP contribution in [-0.2, 0) is 10.0 Å². The molecule has 0 unspecified atom stereocenters. The van der Waals surface area contributed by atoms with Crippen molar-refractivity contribution in [3.63, 3.8) is 0 Å². The largest absolute Gasteiger partial charge is 0.339 e. The number of aliphatic imine (C=N–C) groups is 1. The Kier molecular flexibility index (Phi) is 7.16. The second-order valence-corrected chi connectivity index (χ2v) is 7.93. The summed E-state index contributed by atoms with van der Waals surface area (Å²) in [7, 11) is -4.01. The van der Waals surface area contributed by atoms with Gasteiger partial charge in [0.05, 0.1) is 13.1 Å². The summed E-state index contributed by atoms with van der Waals surface area (Å²) in [5.74, 6) is -1.24. The molecule has 0 atom stereocenters. The zero-order valence-electron chi connectivity index (χ0n) is 15.7. The summed E-state index contributed by atoms with van der Waals surface area (Å²) >= 11 is 0. The number of hydrogen-bond acceptors (Lipinski definition) is 5. The number of rotatable bonds is 3. The summed E-state index contributed by atoms with van der Waals surface area (Å²) in [6.45, 7) is 10.7. The van der Waals surface area contributed by atoms with E-state index in [1.54, 1.807) is 0 Å². The molecular weight excluding hydrogens is 362 g/mol. The minimum Gasteiger partial charge on any atom is -0.339 e. The lowest BCUT2D eigenvalue weighted by atomic mass is 10.2. The number of likely N-dealkylation sites (N-methyl/N-ethyl adjacent to an activating group) is 1. The molecule has 0 aromatic carbocycles. The lowest BCUT2D eigenvalue weighted by Gasteiger charge is -2.37. The molecule has 0 amide bonds. The van der Waals surface area contributed by atoms with Crippen LogP contribution in [0.2, 0.25) is 0 Å². The molecule has 0 saturated carbocycles. The highest BCUT2D eigenvalue weighted by Gasteiger charge is 2.38. The van der Waals surface area contributed by atoms with E-state index in [0.29, 0.717) is 31.7 Å². The maximum Gasteiger partial charge on any atom is 0.265 e. The molecule has 0 bridgehead atoms. The predicted octanol–water partition coefficient (Wildman–Crippen LogP) is 2.48. The van der Waals surface area contributed by atoms with Gasteiger partial charge in [0.1, 0.15) is 16.6 Å². The summed E-state index contributed by atoms with van der Waals surface area (Å²) < 4.78 is 54.0. The smallest absolute Gasteiger partial charge is 0.265 e. The van der Waals surface area contributed by atoms with E-state index in [-0.39, 0.29) is 24.3 Å². The zero-order chi connectivity index (χ0) is 19.3. The number of guanidine groups is 1. The van der Waals surface area contributed by atoms with E-state index in [0.717, 1.165) is 19.6 Å². The first-order valence-corrected chi connectivity index (χ1v) is 10.7. The lowest BCUT2D eigenvalue weighted by molar-refractivity contribution is 0.184. The molecule has 148 valence electrons. The average molecular weight is 391 g/mol. The highest BCUT2D eigenvalue weighted by Crippen LogP contribution is 2.32. The average Bonchev–Trinajstić information content (AvgIpc) is 3.14. The summed E-state index contributed by atoms with van der Waals surface area (Å²) in [5.41, 5.74) is 0. The number of allylic oxidation sites excluding steroid dienone is 4. The number of piperazine rings is 1.